The molecule has 2 aromatic rings. The lowest BCUT2D eigenvalue weighted by molar-refractivity contribution is 0.102. The summed E-state index contributed by atoms with van der Waals surface area (Å²) < 4.78 is 0. The third kappa shape index (κ3) is 2.30. The van der Waals surface area contributed by atoms with Crippen molar-refractivity contribution in [2.75, 3.05) is 11.9 Å². The van der Waals surface area contributed by atoms with E-state index < -0.39 is 0 Å². The molecule has 1 aliphatic heterocycles. The first kappa shape index (κ1) is 11.7. The fourth-order valence-corrected chi connectivity index (χ4v) is 2.17. The molecule has 0 aliphatic carbocycles. The number of aromatic hydroxyl groups is 1. The standard InChI is InChI=1S/C13H14N4O2/c18-9-3-1-2-8(6-9)13(19)15-12-10-4-5-14-7-11(10)16-17-12/h1-3,6,14,18H,4-5,7H2,(H2,15,16,17,19). The number of carbonyl (C=O) groups is 1. The number of nitrogens with one attached hydrogen (secondary N) is 3. The van der Waals surface area contributed by atoms with E-state index in [1.807, 2.05) is 0 Å². The van der Waals surface area contributed by atoms with E-state index in [0.29, 0.717) is 11.4 Å². The summed E-state index contributed by atoms with van der Waals surface area (Å²) >= 11 is 0. The maximum absolute atomic E-state index is 12.1. The lowest BCUT2D eigenvalue weighted by Crippen LogP contribution is -2.24. The monoisotopic (exact) mass is 258 g/mol. The first-order chi connectivity index (χ1) is 9.24. The summed E-state index contributed by atoms with van der Waals surface area (Å²) in [7, 11) is 0. The summed E-state index contributed by atoms with van der Waals surface area (Å²) in [5.41, 5.74) is 2.47. The van der Waals surface area contributed by atoms with E-state index in [1.165, 1.54) is 12.1 Å². The van der Waals surface area contributed by atoms with Gasteiger partial charge in [0, 0.05) is 17.7 Å². The van der Waals surface area contributed by atoms with Crippen molar-refractivity contribution in [2.45, 2.75) is 13.0 Å². The molecular weight excluding hydrogens is 244 g/mol. The lowest BCUT2D eigenvalue weighted by atomic mass is 10.1. The molecule has 4 N–H and O–H groups in total. The van der Waals surface area contributed by atoms with Crippen LogP contribution >= 0.6 is 0 Å². The normalized spacial score (nSPS) is 13.9. The smallest absolute Gasteiger partial charge is 0.257 e. The van der Waals surface area contributed by atoms with Gasteiger partial charge in [-0.3, -0.25) is 9.89 Å². The second-order valence-corrected chi connectivity index (χ2v) is 4.46. The lowest BCUT2D eigenvalue weighted by Gasteiger charge is -2.13. The second-order valence-electron chi connectivity index (χ2n) is 4.46. The van der Waals surface area contributed by atoms with Crippen molar-refractivity contribution in [1.29, 1.82) is 0 Å². The second kappa shape index (κ2) is 4.74. The number of amides is 1. The van der Waals surface area contributed by atoms with Gasteiger partial charge >= 0.3 is 0 Å². The highest BCUT2D eigenvalue weighted by Crippen LogP contribution is 2.21. The van der Waals surface area contributed by atoms with Crippen LogP contribution in [-0.2, 0) is 13.0 Å². The van der Waals surface area contributed by atoms with Gasteiger partial charge in [-0.2, -0.15) is 5.10 Å². The first-order valence-corrected chi connectivity index (χ1v) is 6.11. The average molecular weight is 258 g/mol. The largest absolute Gasteiger partial charge is 0.508 e. The Labute approximate surface area is 109 Å². The fraction of sp³-hybridized carbons (Fsp3) is 0.231. The van der Waals surface area contributed by atoms with Crippen molar-refractivity contribution < 1.29 is 9.90 Å². The summed E-state index contributed by atoms with van der Waals surface area (Å²) in [6.07, 6.45) is 0.835. The minimum atomic E-state index is -0.274. The Morgan fingerprint density at radius 2 is 2.32 bits per heavy atom. The van der Waals surface area contributed by atoms with Crippen LogP contribution in [0.5, 0.6) is 5.75 Å². The Morgan fingerprint density at radius 1 is 1.42 bits per heavy atom. The number of H-pyrrole nitrogens is 1. The highest BCUT2D eigenvalue weighted by molar-refractivity contribution is 6.04. The number of phenolic OH excluding ortho intramolecular Hbond substituents is 1. The number of rotatable bonds is 2. The number of phenols is 1. The highest BCUT2D eigenvalue weighted by Gasteiger charge is 2.18. The number of aromatic amines is 1. The molecule has 1 aromatic heterocycles. The molecule has 0 unspecified atom stereocenters. The number of hydrogen-bond acceptors (Lipinski definition) is 4. The molecule has 0 saturated heterocycles. The van der Waals surface area contributed by atoms with E-state index >= 15 is 0 Å². The first-order valence-electron chi connectivity index (χ1n) is 6.11. The average Bonchev–Trinajstić information content (AvgIpc) is 2.82. The van der Waals surface area contributed by atoms with E-state index in [9.17, 15) is 9.90 Å². The number of benzene rings is 1. The summed E-state index contributed by atoms with van der Waals surface area (Å²) in [5, 5.41) is 22.4. The van der Waals surface area contributed by atoms with Crippen LogP contribution in [-0.4, -0.2) is 27.8 Å². The molecule has 0 saturated carbocycles. The van der Waals surface area contributed by atoms with Gasteiger partial charge < -0.3 is 15.7 Å². The molecular formula is C13H14N4O2. The van der Waals surface area contributed by atoms with E-state index in [1.54, 1.807) is 12.1 Å². The number of fused-ring (bicyclic) bond motifs is 1. The molecule has 1 amide bonds. The third-order valence-corrected chi connectivity index (χ3v) is 3.15. The minimum absolute atomic E-state index is 0.0703. The number of anilines is 1. The van der Waals surface area contributed by atoms with Crippen molar-refractivity contribution in [1.82, 2.24) is 15.5 Å². The zero-order valence-corrected chi connectivity index (χ0v) is 10.2. The molecule has 0 atom stereocenters. The SMILES string of the molecule is O=C(Nc1n[nH]c2c1CCNC2)c1cccc(O)c1. The van der Waals surface area contributed by atoms with E-state index in [4.69, 9.17) is 0 Å². The number of nitrogens with zero attached hydrogens (tertiary/aromatic N) is 1. The van der Waals surface area contributed by atoms with Gasteiger partial charge in [0.1, 0.15) is 5.75 Å². The van der Waals surface area contributed by atoms with E-state index in [2.05, 4.69) is 20.8 Å². The number of hydrogen-bond donors (Lipinski definition) is 4. The van der Waals surface area contributed by atoms with Crippen molar-refractivity contribution in [3.05, 3.63) is 41.1 Å². The van der Waals surface area contributed by atoms with Crippen LogP contribution in [0.2, 0.25) is 0 Å². The van der Waals surface area contributed by atoms with Gasteiger partial charge in [0.05, 0.1) is 5.69 Å². The summed E-state index contributed by atoms with van der Waals surface area (Å²) in [4.78, 5) is 12.1. The third-order valence-electron chi connectivity index (χ3n) is 3.15. The van der Waals surface area contributed by atoms with Gasteiger partial charge in [0.15, 0.2) is 5.82 Å². The zero-order valence-electron chi connectivity index (χ0n) is 10.2. The summed E-state index contributed by atoms with van der Waals surface area (Å²) in [5.74, 6) is 0.370. The fourth-order valence-electron chi connectivity index (χ4n) is 2.17. The quantitative estimate of drug-likeness (QED) is 0.647. The predicted molar refractivity (Wildman–Crippen MR) is 70.1 cm³/mol. The Balaban J connectivity index is 1.82. The van der Waals surface area contributed by atoms with Crippen molar-refractivity contribution in [3.8, 4) is 5.75 Å². The number of carbonyl (C=O) groups excluding carboxylic acids is 1. The van der Waals surface area contributed by atoms with Crippen LogP contribution in [0.1, 0.15) is 21.6 Å². The molecule has 3 rings (SSSR count). The molecule has 1 aliphatic rings. The van der Waals surface area contributed by atoms with Crippen LogP contribution in [0, 0.1) is 0 Å². The van der Waals surface area contributed by atoms with Gasteiger partial charge in [-0.05, 0) is 31.2 Å². The summed E-state index contributed by atoms with van der Waals surface area (Å²) in [6.45, 7) is 1.62. The molecule has 19 heavy (non-hydrogen) atoms. The molecule has 98 valence electrons. The van der Waals surface area contributed by atoms with Gasteiger partial charge in [-0.1, -0.05) is 6.07 Å². The van der Waals surface area contributed by atoms with E-state index in [-0.39, 0.29) is 11.7 Å². The van der Waals surface area contributed by atoms with Crippen LogP contribution in [0.25, 0.3) is 0 Å². The van der Waals surface area contributed by atoms with Gasteiger partial charge in [0.2, 0.25) is 0 Å². The molecule has 0 radical (unpaired) electrons. The zero-order chi connectivity index (χ0) is 13.2. The van der Waals surface area contributed by atoms with Crippen LogP contribution < -0.4 is 10.6 Å². The van der Waals surface area contributed by atoms with Crippen molar-refractivity contribution >= 4 is 11.7 Å². The molecule has 6 nitrogen and oxygen atoms in total. The highest BCUT2D eigenvalue weighted by atomic mass is 16.3. The number of aromatic nitrogens is 2. The molecule has 1 aromatic carbocycles. The molecule has 0 fully saturated rings. The van der Waals surface area contributed by atoms with Crippen LogP contribution in [0.15, 0.2) is 24.3 Å². The topological polar surface area (TPSA) is 90.0 Å². The van der Waals surface area contributed by atoms with Crippen molar-refractivity contribution in [3.63, 3.8) is 0 Å². The van der Waals surface area contributed by atoms with Gasteiger partial charge in [-0.25, -0.2) is 0 Å². The Morgan fingerprint density at radius 3 is 3.16 bits per heavy atom. The van der Waals surface area contributed by atoms with Gasteiger partial charge in [0.25, 0.3) is 5.91 Å². The maximum Gasteiger partial charge on any atom is 0.257 e. The maximum atomic E-state index is 12.1. The Hall–Kier alpha value is -2.34. The summed E-state index contributed by atoms with van der Waals surface area (Å²) in [6, 6.07) is 6.23. The predicted octanol–water partition coefficient (Wildman–Crippen LogP) is 1.01. The minimum Gasteiger partial charge on any atom is -0.508 e. The molecule has 0 spiro atoms. The molecule has 6 heteroatoms. The Bertz CT molecular complexity index is 621. The Kier molecular flexibility index (Phi) is 2.92. The molecule has 2 heterocycles. The molecule has 0 bridgehead atoms. The van der Waals surface area contributed by atoms with Gasteiger partial charge in [-0.15, -0.1) is 0 Å². The van der Waals surface area contributed by atoms with Crippen molar-refractivity contribution in [2.24, 2.45) is 0 Å². The van der Waals surface area contributed by atoms with E-state index in [0.717, 1.165) is 30.8 Å². The van der Waals surface area contributed by atoms with Crippen LogP contribution in [0.4, 0.5) is 5.82 Å². The van der Waals surface area contributed by atoms with Crippen LogP contribution in [0.3, 0.4) is 0 Å².